The number of ether oxygens (including phenoxy) is 2. The highest BCUT2D eigenvalue weighted by Gasteiger charge is 2.17. The van der Waals surface area contributed by atoms with Crippen molar-refractivity contribution in [2.75, 3.05) is 19.5 Å². The van der Waals surface area contributed by atoms with Crippen molar-refractivity contribution in [3.63, 3.8) is 0 Å². The molecule has 1 atom stereocenters. The first kappa shape index (κ1) is 23.2. The molecule has 3 N–H and O–H groups in total. The smallest absolute Gasteiger partial charge is 0.264 e. The van der Waals surface area contributed by atoms with Crippen molar-refractivity contribution in [3.8, 4) is 11.5 Å². The van der Waals surface area contributed by atoms with E-state index in [0.717, 1.165) is 6.92 Å². The minimum absolute atomic E-state index is 0.0301. The van der Waals surface area contributed by atoms with Gasteiger partial charge in [-0.15, -0.1) is 0 Å². The van der Waals surface area contributed by atoms with Crippen LogP contribution in [0.4, 0.5) is 5.69 Å². The molecule has 1 unspecified atom stereocenters. The minimum atomic E-state index is -3.93. The number of benzene rings is 2. The molecule has 0 aliphatic carbocycles. The molecule has 0 radical (unpaired) electrons. The van der Waals surface area contributed by atoms with Crippen LogP contribution in [0.2, 0.25) is 0 Å². The standard InChI is InChI=1S/C20H24N2O7S/c1-13(23)22-30(26,27)16-7-4-14(5-8-16)21-20(25)11-10-18(24)17-9-6-15(28-2)12-19(17)29-3/h4-9,12,18,24H,10-11H2,1-3H3,(H,21,25)(H,22,23). The van der Waals surface area contributed by atoms with Gasteiger partial charge in [-0.3, -0.25) is 9.59 Å². The fraction of sp³-hybridized carbons (Fsp3) is 0.300. The van der Waals surface area contributed by atoms with Crippen molar-refractivity contribution in [2.24, 2.45) is 0 Å². The first-order valence-corrected chi connectivity index (χ1v) is 10.5. The van der Waals surface area contributed by atoms with Gasteiger partial charge in [0.1, 0.15) is 11.5 Å². The van der Waals surface area contributed by atoms with Crippen LogP contribution in [0.1, 0.15) is 31.4 Å². The number of nitrogens with one attached hydrogen (secondary N) is 2. The molecular weight excluding hydrogens is 412 g/mol. The first-order valence-electron chi connectivity index (χ1n) is 8.99. The highest BCUT2D eigenvalue weighted by molar-refractivity contribution is 7.90. The summed E-state index contributed by atoms with van der Waals surface area (Å²) < 4.78 is 36.1. The van der Waals surface area contributed by atoms with Gasteiger partial charge in [0.25, 0.3) is 10.0 Å². The lowest BCUT2D eigenvalue weighted by atomic mass is 10.0. The van der Waals surface area contributed by atoms with Crippen LogP contribution in [0.3, 0.4) is 0 Å². The molecule has 0 saturated heterocycles. The summed E-state index contributed by atoms with van der Waals surface area (Å²) >= 11 is 0. The van der Waals surface area contributed by atoms with E-state index >= 15 is 0 Å². The summed E-state index contributed by atoms with van der Waals surface area (Å²) in [5.41, 5.74) is 0.928. The summed E-state index contributed by atoms with van der Waals surface area (Å²) in [7, 11) is -0.930. The van der Waals surface area contributed by atoms with Crippen molar-refractivity contribution in [1.29, 1.82) is 0 Å². The third-order valence-electron chi connectivity index (χ3n) is 4.17. The van der Waals surface area contributed by atoms with Gasteiger partial charge in [-0.25, -0.2) is 13.1 Å². The molecule has 0 aliphatic rings. The van der Waals surface area contributed by atoms with Crippen LogP contribution in [0.25, 0.3) is 0 Å². The monoisotopic (exact) mass is 436 g/mol. The number of methoxy groups -OCH3 is 2. The van der Waals surface area contributed by atoms with Crippen molar-refractivity contribution < 1.29 is 32.6 Å². The zero-order valence-corrected chi connectivity index (χ0v) is 17.7. The lowest BCUT2D eigenvalue weighted by Crippen LogP contribution is -2.28. The van der Waals surface area contributed by atoms with E-state index in [-0.39, 0.29) is 23.6 Å². The van der Waals surface area contributed by atoms with E-state index in [9.17, 15) is 23.1 Å². The third-order valence-corrected chi connectivity index (χ3v) is 5.62. The molecule has 2 amide bonds. The van der Waals surface area contributed by atoms with Gasteiger partial charge in [0, 0.05) is 30.7 Å². The predicted molar refractivity (Wildman–Crippen MR) is 110 cm³/mol. The molecule has 0 saturated carbocycles. The zero-order chi connectivity index (χ0) is 22.3. The summed E-state index contributed by atoms with van der Waals surface area (Å²) in [6.45, 7) is 1.10. The summed E-state index contributed by atoms with van der Waals surface area (Å²) in [5.74, 6) is 0.00107. The number of sulfonamides is 1. The molecule has 10 heteroatoms. The predicted octanol–water partition coefficient (Wildman–Crippen LogP) is 1.98. The molecule has 0 heterocycles. The Balaban J connectivity index is 1.95. The van der Waals surface area contributed by atoms with E-state index in [1.54, 1.807) is 18.2 Å². The quantitative estimate of drug-likeness (QED) is 0.548. The Hall–Kier alpha value is -3.11. The van der Waals surface area contributed by atoms with Gasteiger partial charge in [-0.05, 0) is 42.8 Å². The van der Waals surface area contributed by atoms with Crippen LogP contribution in [0.15, 0.2) is 47.4 Å². The van der Waals surface area contributed by atoms with Gasteiger partial charge in [-0.2, -0.15) is 0 Å². The second kappa shape index (κ2) is 10.1. The zero-order valence-electron chi connectivity index (χ0n) is 16.8. The molecule has 0 aromatic heterocycles. The van der Waals surface area contributed by atoms with Gasteiger partial charge in [0.15, 0.2) is 0 Å². The molecule has 30 heavy (non-hydrogen) atoms. The largest absolute Gasteiger partial charge is 0.497 e. The van der Waals surface area contributed by atoms with Gasteiger partial charge in [0.05, 0.1) is 25.2 Å². The maximum Gasteiger partial charge on any atom is 0.264 e. The van der Waals surface area contributed by atoms with E-state index in [1.807, 2.05) is 4.72 Å². The highest BCUT2D eigenvalue weighted by atomic mass is 32.2. The summed E-state index contributed by atoms with van der Waals surface area (Å²) in [6.07, 6.45) is -0.729. The van der Waals surface area contributed by atoms with Crippen LogP contribution in [-0.2, 0) is 19.6 Å². The number of aliphatic hydroxyl groups is 1. The normalized spacial score (nSPS) is 12.0. The van der Waals surface area contributed by atoms with E-state index in [1.165, 1.54) is 38.5 Å². The Morgan fingerprint density at radius 3 is 2.30 bits per heavy atom. The number of amides is 2. The average molecular weight is 436 g/mol. The maximum atomic E-state index is 12.2. The number of carbonyl (C=O) groups is 2. The summed E-state index contributed by atoms with van der Waals surface area (Å²) in [4.78, 5) is 23.0. The Kier molecular flexibility index (Phi) is 7.79. The fourth-order valence-corrected chi connectivity index (χ4v) is 3.70. The summed E-state index contributed by atoms with van der Waals surface area (Å²) in [6, 6.07) is 10.4. The number of aliphatic hydroxyl groups excluding tert-OH is 1. The van der Waals surface area contributed by atoms with Crippen LogP contribution < -0.4 is 19.5 Å². The van der Waals surface area contributed by atoms with E-state index in [2.05, 4.69) is 5.32 Å². The Bertz CT molecular complexity index is 1000. The van der Waals surface area contributed by atoms with Crippen LogP contribution >= 0.6 is 0 Å². The van der Waals surface area contributed by atoms with Crippen molar-refractivity contribution in [3.05, 3.63) is 48.0 Å². The van der Waals surface area contributed by atoms with Crippen LogP contribution in [-0.4, -0.2) is 39.6 Å². The SMILES string of the molecule is COc1ccc(C(O)CCC(=O)Nc2ccc(S(=O)(=O)NC(C)=O)cc2)c(OC)c1. The van der Waals surface area contributed by atoms with Crippen LogP contribution in [0.5, 0.6) is 11.5 Å². The molecule has 9 nitrogen and oxygen atoms in total. The molecule has 162 valence electrons. The molecule has 2 aromatic rings. The summed E-state index contributed by atoms with van der Waals surface area (Å²) in [5, 5.41) is 13.0. The van der Waals surface area contributed by atoms with Gasteiger partial charge in [0.2, 0.25) is 11.8 Å². The Morgan fingerprint density at radius 2 is 1.73 bits per heavy atom. The number of rotatable bonds is 9. The Labute approximate surface area is 175 Å². The topological polar surface area (TPSA) is 131 Å². The molecule has 0 fully saturated rings. The fourth-order valence-electron chi connectivity index (χ4n) is 2.71. The minimum Gasteiger partial charge on any atom is -0.497 e. The first-order chi connectivity index (χ1) is 14.2. The Morgan fingerprint density at radius 1 is 1.07 bits per heavy atom. The number of anilines is 1. The lowest BCUT2D eigenvalue weighted by Gasteiger charge is -2.15. The van der Waals surface area contributed by atoms with E-state index in [4.69, 9.17) is 9.47 Å². The van der Waals surface area contributed by atoms with Crippen LogP contribution in [0, 0.1) is 0 Å². The molecule has 2 rings (SSSR count). The lowest BCUT2D eigenvalue weighted by molar-refractivity contribution is -0.117. The number of carbonyl (C=O) groups excluding carboxylic acids is 2. The number of hydrogen-bond donors (Lipinski definition) is 3. The molecule has 0 spiro atoms. The van der Waals surface area contributed by atoms with Crippen molar-refractivity contribution in [2.45, 2.75) is 30.8 Å². The highest BCUT2D eigenvalue weighted by Crippen LogP contribution is 2.31. The van der Waals surface area contributed by atoms with Crippen molar-refractivity contribution >= 4 is 27.5 Å². The second-order valence-electron chi connectivity index (χ2n) is 6.40. The molecular formula is C20H24N2O7S. The molecule has 0 aliphatic heterocycles. The average Bonchev–Trinajstić information content (AvgIpc) is 2.71. The van der Waals surface area contributed by atoms with Gasteiger partial charge >= 0.3 is 0 Å². The van der Waals surface area contributed by atoms with E-state index < -0.39 is 22.0 Å². The number of hydrogen-bond acceptors (Lipinski definition) is 7. The third kappa shape index (κ3) is 6.19. The van der Waals surface area contributed by atoms with Crippen molar-refractivity contribution in [1.82, 2.24) is 4.72 Å². The second-order valence-corrected chi connectivity index (χ2v) is 8.08. The molecule has 2 aromatic carbocycles. The maximum absolute atomic E-state index is 12.2. The molecule has 0 bridgehead atoms. The van der Waals surface area contributed by atoms with Gasteiger partial charge in [-0.1, -0.05) is 0 Å². The van der Waals surface area contributed by atoms with E-state index in [0.29, 0.717) is 22.7 Å². The van der Waals surface area contributed by atoms with Gasteiger partial charge < -0.3 is 19.9 Å².